The number of carbonyl (C=O) groups excluding carboxylic acids is 1. The quantitative estimate of drug-likeness (QED) is 0.634. The van der Waals surface area contributed by atoms with Gasteiger partial charge in [-0.3, -0.25) is 9.36 Å². The highest BCUT2D eigenvalue weighted by atomic mass is 35.5. The number of nitrogens with zero attached hydrogens (tertiary/aromatic N) is 2. The molecule has 1 aromatic carbocycles. The lowest BCUT2D eigenvalue weighted by atomic mass is 10.2. The lowest BCUT2D eigenvalue weighted by Crippen LogP contribution is -2.11. The Morgan fingerprint density at radius 3 is 2.26 bits per heavy atom. The van der Waals surface area contributed by atoms with Gasteiger partial charge in [0.15, 0.2) is 0 Å². The average molecular weight is 291 g/mol. The summed E-state index contributed by atoms with van der Waals surface area (Å²) in [6, 6.07) is 10.7. The molecule has 3 nitrogen and oxygen atoms in total. The van der Waals surface area contributed by atoms with Crippen molar-refractivity contribution >= 4 is 39.9 Å². The van der Waals surface area contributed by atoms with Gasteiger partial charge in [-0.25, -0.2) is 4.98 Å². The number of aromatic nitrogens is 2. The minimum atomic E-state index is -0.263. The second-order valence-corrected chi connectivity index (χ2v) is 4.92. The van der Waals surface area contributed by atoms with E-state index in [4.69, 9.17) is 23.2 Å². The van der Waals surface area contributed by atoms with Crippen molar-refractivity contribution in [1.82, 2.24) is 9.55 Å². The van der Waals surface area contributed by atoms with E-state index in [1.165, 1.54) is 16.7 Å². The van der Waals surface area contributed by atoms with E-state index in [1.807, 2.05) is 24.3 Å². The molecule has 0 saturated heterocycles. The van der Waals surface area contributed by atoms with E-state index in [0.29, 0.717) is 5.02 Å². The van der Waals surface area contributed by atoms with Crippen LogP contribution >= 0.6 is 23.2 Å². The minimum absolute atomic E-state index is 0.201. The van der Waals surface area contributed by atoms with Crippen molar-refractivity contribution in [1.29, 1.82) is 0 Å². The van der Waals surface area contributed by atoms with E-state index in [0.717, 1.165) is 10.8 Å². The van der Waals surface area contributed by atoms with Crippen LogP contribution in [0, 0.1) is 0 Å². The maximum Gasteiger partial charge on any atom is 0.280 e. The zero-order valence-corrected chi connectivity index (χ0v) is 11.2. The molecule has 0 aliphatic carbocycles. The highest BCUT2D eigenvalue weighted by Crippen LogP contribution is 2.19. The Morgan fingerprint density at radius 1 is 1.05 bits per heavy atom. The minimum Gasteiger partial charge on any atom is -0.288 e. The van der Waals surface area contributed by atoms with Gasteiger partial charge in [-0.2, -0.15) is 0 Å². The molecule has 0 saturated carbocycles. The molecule has 0 spiro atoms. The third-order valence-corrected chi connectivity index (χ3v) is 3.18. The molecule has 3 aromatic rings. The summed E-state index contributed by atoms with van der Waals surface area (Å²) >= 11 is 11.7. The lowest BCUT2D eigenvalue weighted by Gasteiger charge is -2.02. The van der Waals surface area contributed by atoms with Crippen LogP contribution in [0.25, 0.3) is 10.8 Å². The van der Waals surface area contributed by atoms with Gasteiger partial charge in [0.05, 0.1) is 0 Å². The second kappa shape index (κ2) is 4.68. The molecule has 0 aliphatic rings. The van der Waals surface area contributed by atoms with Crippen LogP contribution in [0.5, 0.6) is 0 Å². The highest BCUT2D eigenvalue weighted by molar-refractivity contribution is 6.34. The average Bonchev–Trinajstić information content (AvgIpc) is 2.80. The maximum atomic E-state index is 12.3. The largest absolute Gasteiger partial charge is 0.288 e. The van der Waals surface area contributed by atoms with Gasteiger partial charge in [-0.1, -0.05) is 47.5 Å². The molecule has 0 radical (unpaired) electrons. The van der Waals surface area contributed by atoms with E-state index in [2.05, 4.69) is 4.98 Å². The third kappa shape index (κ3) is 2.35. The van der Waals surface area contributed by atoms with E-state index in [-0.39, 0.29) is 16.8 Å². The fourth-order valence-corrected chi connectivity index (χ4v) is 2.38. The number of pyridine rings is 1. The fourth-order valence-electron chi connectivity index (χ4n) is 1.91. The summed E-state index contributed by atoms with van der Waals surface area (Å²) in [7, 11) is 0. The number of hydrogen-bond acceptors (Lipinski definition) is 2. The zero-order valence-electron chi connectivity index (χ0n) is 9.68. The number of fused-ring (bicyclic) bond motifs is 1. The summed E-state index contributed by atoms with van der Waals surface area (Å²) < 4.78 is 1.49. The summed E-state index contributed by atoms with van der Waals surface area (Å²) in [6.07, 6.45) is 3.52. The molecule has 2 aromatic heterocycles. The van der Waals surface area contributed by atoms with Crippen molar-refractivity contribution in [3.05, 3.63) is 64.7 Å². The first-order valence-corrected chi connectivity index (χ1v) is 6.33. The van der Waals surface area contributed by atoms with Crippen LogP contribution in [0.15, 0.2) is 48.8 Å². The van der Waals surface area contributed by atoms with Crippen molar-refractivity contribution in [2.24, 2.45) is 0 Å². The van der Waals surface area contributed by atoms with Crippen molar-refractivity contribution in [2.75, 3.05) is 0 Å². The number of carbonyl (C=O) groups is 1. The molecule has 19 heavy (non-hydrogen) atoms. The van der Waals surface area contributed by atoms with Crippen LogP contribution in [0.4, 0.5) is 0 Å². The number of benzene rings is 1. The summed E-state index contributed by atoms with van der Waals surface area (Å²) in [4.78, 5) is 16.3. The summed E-state index contributed by atoms with van der Waals surface area (Å²) in [5.74, 6) is -0.263. The Balaban J connectivity index is 2.07. The molecule has 0 unspecified atom stereocenters. The molecular weight excluding hydrogens is 283 g/mol. The van der Waals surface area contributed by atoms with E-state index in [1.54, 1.807) is 12.4 Å². The SMILES string of the molecule is O=C(c1cc(Cl)cc(Cl)n1)n1cc2ccccc2c1. The Labute approximate surface area is 119 Å². The van der Waals surface area contributed by atoms with E-state index in [9.17, 15) is 4.79 Å². The number of rotatable bonds is 1. The van der Waals surface area contributed by atoms with Crippen LogP contribution in [0.3, 0.4) is 0 Å². The Hall–Kier alpha value is -1.84. The molecule has 5 heteroatoms. The van der Waals surface area contributed by atoms with Gasteiger partial charge in [0.1, 0.15) is 10.8 Å². The molecule has 0 bridgehead atoms. The Morgan fingerprint density at radius 2 is 1.68 bits per heavy atom. The molecule has 0 fully saturated rings. The fraction of sp³-hybridized carbons (Fsp3) is 0. The topological polar surface area (TPSA) is 34.9 Å². The number of halogens is 2. The van der Waals surface area contributed by atoms with Crippen LogP contribution in [0.1, 0.15) is 10.5 Å². The predicted octanol–water partition coefficient (Wildman–Crippen LogP) is 4.03. The molecule has 94 valence electrons. The van der Waals surface area contributed by atoms with Crippen molar-refractivity contribution in [3.63, 3.8) is 0 Å². The molecule has 2 heterocycles. The molecule has 3 rings (SSSR count). The Kier molecular flexibility index (Phi) is 3.01. The van der Waals surface area contributed by atoms with Crippen molar-refractivity contribution in [2.45, 2.75) is 0 Å². The second-order valence-electron chi connectivity index (χ2n) is 4.09. The summed E-state index contributed by atoms with van der Waals surface area (Å²) in [5, 5.41) is 2.57. The van der Waals surface area contributed by atoms with Crippen LogP contribution in [-0.2, 0) is 0 Å². The van der Waals surface area contributed by atoms with Gasteiger partial charge in [-0.05, 0) is 22.9 Å². The molecule has 0 atom stereocenters. The van der Waals surface area contributed by atoms with Gasteiger partial charge in [0.25, 0.3) is 5.91 Å². The molecular formula is C14H8Cl2N2O. The third-order valence-electron chi connectivity index (χ3n) is 2.76. The Bertz CT molecular complexity index is 727. The zero-order chi connectivity index (χ0) is 13.4. The van der Waals surface area contributed by atoms with E-state index >= 15 is 0 Å². The van der Waals surface area contributed by atoms with Crippen LogP contribution in [-0.4, -0.2) is 15.5 Å². The normalized spacial score (nSPS) is 10.8. The standard InChI is InChI=1S/C14H8Cl2N2O/c15-11-5-12(17-13(16)6-11)14(19)18-7-9-3-1-2-4-10(9)8-18/h1-8H. The summed E-state index contributed by atoms with van der Waals surface area (Å²) in [6.45, 7) is 0. The monoisotopic (exact) mass is 290 g/mol. The molecule has 0 aliphatic heterocycles. The number of hydrogen-bond donors (Lipinski definition) is 0. The van der Waals surface area contributed by atoms with Crippen LogP contribution < -0.4 is 0 Å². The maximum absolute atomic E-state index is 12.3. The van der Waals surface area contributed by atoms with Gasteiger partial charge < -0.3 is 0 Å². The molecule has 0 amide bonds. The highest BCUT2D eigenvalue weighted by Gasteiger charge is 2.12. The van der Waals surface area contributed by atoms with Crippen molar-refractivity contribution < 1.29 is 4.79 Å². The van der Waals surface area contributed by atoms with E-state index < -0.39 is 0 Å². The van der Waals surface area contributed by atoms with Crippen molar-refractivity contribution in [3.8, 4) is 0 Å². The van der Waals surface area contributed by atoms with Gasteiger partial charge in [0, 0.05) is 17.4 Å². The molecule has 0 N–H and O–H groups in total. The smallest absolute Gasteiger partial charge is 0.280 e. The first-order valence-electron chi connectivity index (χ1n) is 5.58. The predicted molar refractivity (Wildman–Crippen MR) is 75.9 cm³/mol. The lowest BCUT2D eigenvalue weighted by molar-refractivity contribution is 0.0955. The van der Waals surface area contributed by atoms with Gasteiger partial charge >= 0.3 is 0 Å². The van der Waals surface area contributed by atoms with Gasteiger partial charge in [0.2, 0.25) is 0 Å². The first kappa shape index (κ1) is 12.2. The summed E-state index contributed by atoms with van der Waals surface area (Å²) in [5.41, 5.74) is 0.220. The van der Waals surface area contributed by atoms with Crippen LogP contribution in [0.2, 0.25) is 10.2 Å². The first-order chi connectivity index (χ1) is 9.13. The van der Waals surface area contributed by atoms with Gasteiger partial charge in [-0.15, -0.1) is 0 Å².